The lowest BCUT2D eigenvalue weighted by Gasteiger charge is -2.28. The van der Waals surface area contributed by atoms with Crippen LogP contribution in [0.4, 0.5) is 4.79 Å². The Bertz CT molecular complexity index is 523. The van der Waals surface area contributed by atoms with Gasteiger partial charge in [-0.05, 0) is 18.2 Å². The number of rotatable bonds is 3. The molecular formula is C14H18BrN3O2. The molecule has 0 radical (unpaired) electrons. The molecular weight excluding hydrogens is 322 g/mol. The third-order valence-corrected chi connectivity index (χ3v) is 4.39. The van der Waals surface area contributed by atoms with E-state index in [0.29, 0.717) is 12.6 Å². The lowest BCUT2D eigenvalue weighted by molar-refractivity contribution is 0.178. The van der Waals surface area contributed by atoms with Crippen molar-refractivity contribution < 1.29 is 9.53 Å². The molecule has 0 aliphatic carbocycles. The summed E-state index contributed by atoms with van der Waals surface area (Å²) in [5.74, 6) is 0.823. The lowest BCUT2D eigenvalue weighted by atomic mass is 10.2. The molecule has 1 N–H and O–H groups in total. The highest BCUT2D eigenvalue weighted by Gasteiger charge is 2.38. The summed E-state index contributed by atoms with van der Waals surface area (Å²) in [5, 5.41) is 3.34. The smallest absolute Gasteiger partial charge is 0.320 e. The van der Waals surface area contributed by atoms with Crippen molar-refractivity contribution in [2.75, 3.05) is 33.3 Å². The maximum Gasteiger partial charge on any atom is 0.320 e. The zero-order chi connectivity index (χ0) is 14.1. The van der Waals surface area contributed by atoms with E-state index in [0.717, 1.165) is 42.0 Å². The number of urea groups is 1. The molecule has 0 aromatic heterocycles. The zero-order valence-corrected chi connectivity index (χ0v) is 13.0. The molecule has 1 aromatic carbocycles. The number of amides is 2. The van der Waals surface area contributed by atoms with Gasteiger partial charge in [-0.1, -0.05) is 15.9 Å². The normalized spacial score (nSPS) is 22.1. The number of carbonyl (C=O) groups is 1. The van der Waals surface area contributed by atoms with Gasteiger partial charge in [-0.15, -0.1) is 0 Å². The summed E-state index contributed by atoms with van der Waals surface area (Å²) in [6.45, 7) is 3.94. The number of methoxy groups -OCH3 is 1. The van der Waals surface area contributed by atoms with Crippen molar-refractivity contribution in [1.82, 2.24) is 15.1 Å². The second-order valence-corrected chi connectivity index (χ2v) is 6.09. The van der Waals surface area contributed by atoms with Crippen molar-refractivity contribution in [3.05, 3.63) is 28.2 Å². The predicted octanol–water partition coefficient (Wildman–Crippen LogP) is 1.67. The third kappa shape index (κ3) is 2.50. The second kappa shape index (κ2) is 5.61. The Kier molecular flexibility index (Phi) is 3.85. The van der Waals surface area contributed by atoms with E-state index in [1.165, 1.54) is 0 Å². The molecule has 0 saturated carbocycles. The average Bonchev–Trinajstić information content (AvgIpc) is 2.76. The number of nitrogens with zero attached hydrogens (tertiary/aromatic N) is 2. The van der Waals surface area contributed by atoms with Crippen molar-refractivity contribution in [2.45, 2.75) is 12.6 Å². The van der Waals surface area contributed by atoms with Gasteiger partial charge in [0.2, 0.25) is 0 Å². The van der Waals surface area contributed by atoms with E-state index in [2.05, 4.69) is 21.2 Å². The number of hydrogen-bond acceptors (Lipinski definition) is 3. The molecule has 2 heterocycles. The summed E-state index contributed by atoms with van der Waals surface area (Å²) in [7, 11) is 1.66. The van der Waals surface area contributed by atoms with Crippen LogP contribution in [0, 0.1) is 0 Å². The Labute approximate surface area is 127 Å². The molecule has 2 amide bonds. The fourth-order valence-corrected chi connectivity index (χ4v) is 3.31. The van der Waals surface area contributed by atoms with Crippen molar-refractivity contribution in [3.63, 3.8) is 0 Å². The minimum atomic E-state index is 0.138. The van der Waals surface area contributed by atoms with Crippen LogP contribution in [-0.4, -0.2) is 55.2 Å². The maximum atomic E-state index is 12.4. The highest BCUT2D eigenvalue weighted by molar-refractivity contribution is 9.10. The molecule has 2 aliphatic rings. The largest absolute Gasteiger partial charge is 0.496 e. The molecule has 1 unspecified atom stereocenters. The van der Waals surface area contributed by atoms with Crippen molar-refractivity contribution in [1.29, 1.82) is 0 Å². The van der Waals surface area contributed by atoms with Crippen LogP contribution in [0.2, 0.25) is 0 Å². The molecule has 2 fully saturated rings. The Morgan fingerprint density at radius 3 is 3.10 bits per heavy atom. The van der Waals surface area contributed by atoms with Crippen molar-refractivity contribution in [3.8, 4) is 5.75 Å². The van der Waals surface area contributed by atoms with Gasteiger partial charge in [0.15, 0.2) is 0 Å². The third-order valence-electron chi connectivity index (χ3n) is 3.90. The Morgan fingerprint density at radius 1 is 1.50 bits per heavy atom. The topological polar surface area (TPSA) is 44.8 Å². The van der Waals surface area contributed by atoms with E-state index >= 15 is 0 Å². The number of nitrogens with one attached hydrogen (secondary N) is 1. The van der Waals surface area contributed by atoms with Crippen LogP contribution in [-0.2, 0) is 6.54 Å². The molecule has 2 aliphatic heterocycles. The summed E-state index contributed by atoms with van der Waals surface area (Å²) in [4.78, 5) is 16.3. The van der Waals surface area contributed by atoms with Gasteiger partial charge in [-0.2, -0.15) is 0 Å². The van der Waals surface area contributed by atoms with Crippen LogP contribution < -0.4 is 10.1 Å². The fourth-order valence-electron chi connectivity index (χ4n) is 2.90. The van der Waals surface area contributed by atoms with Crippen LogP contribution >= 0.6 is 15.9 Å². The monoisotopic (exact) mass is 339 g/mol. The number of carbonyl (C=O) groups excluding carboxylic acids is 1. The van der Waals surface area contributed by atoms with Crippen LogP contribution in [0.1, 0.15) is 5.56 Å². The van der Waals surface area contributed by atoms with E-state index in [9.17, 15) is 4.79 Å². The van der Waals surface area contributed by atoms with Gasteiger partial charge in [-0.25, -0.2) is 4.79 Å². The van der Waals surface area contributed by atoms with Gasteiger partial charge in [0.25, 0.3) is 0 Å². The lowest BCUT2D eigenvalue weighted by Crippen LogP contribution is -2.49. The van der Waals surface area contributed by atoms with Crippen molar-refractivity contribution >= 4 is 22.0 Å². The molecule has 0 bridgehead atoms. The minimum absolute atomic E-state index is 0.138. The summed E-state index contributed by atoms with van der Waals surface area (Å²) in [5.41, 5.74) is 1.03. The highest BCUT2D eigenvalue weighted by Crippen LogP contribution is 2.27. The van der Waals surface area contributed by atoms with Crippen LogP contribution in [0.3, 0.4) is 0 Å². The Hall–Kier alpha value is -1.27. The molecule has 3 rings (SSSR count). The first-order valence-corrected chi connectivity index (χ1v) is 7.57. The Balaban J connectivity index is 1.78. The van der Waals surface area contributed by atoms with Gasteiger partial charge in [-0.3, -0.25) is 0 Å². The minimum Gasteiger partial charge on any atom is -0.496 e. The quantitative estimate of drug-likeness (QED) is 0.910. The molecule has 1 atom stereocenters. The second-order valence-electron chi connectivity index (χ2n) is 5.17. The van der Waals surface area contributed by atoms with E-state index in [1.807, 2.05) is 28.0 Å². The fraction of sp³-hybridized carbons (Fsp3) is 0.500. The first-order valence-electron chi connectivity index (χ1n) is 6.77. The molecule has 108 valence electrons. The number of benzene rings is 1. The van der Waals surface area contributed by atoms with Gasteiger partial charge < -0.3 is 19.9 Å². The molecule has 1 aromatic rings. The zero-order valence-electron chi connectivity index (χ0n) is 11.4. The van der Waals surface area contributed by atoms with Gasteiger partial charge >= 0.3 is 6.03 Å². The molecule has 2 saturated heterocycles. The average molecular weight is 340 g/mol. The molecule has 20 heavy (non-hydrogen) atoms. The van der Waals surface area contributed by atoms with Crippen LogP contribution in [0.15, 0.2) is 22.7 Å². The van der Waals surface area contributed by atoms with Gasteiger partial charge in [0, 0.05) is 36.2 Å². The van der Waals surface area contributed by atoms with E-state index in [4.69, 9.17) is 4.74 Å². The molecule has 6 heteroatoms. The van der Waals surface area contributed by atoms with E-state index < -0.39 is 0 Å². The van der Waals surface area contributed by atoms with Crippen LogP contribution in [0.5, 0.6) is 5.75 Å². The summed E-state index contributed by atoms with van der Waals surface area (Å²) in [6.07, 6.45) is 0. The number of hydrogen-bond donors (Lipinski definition) is 1. The predicted molar refractivity (Wildman–Crippen MR) is 79.9 cm³/mol. The van der Waals surface area contributed by atoms with Gasteiger partial charge in [0.1, 0.15) is 5.75 Å². The molecule has 0 spiro atoms. The van der Waals surface area contributed by atoms with Crippen molar-refractivity contribution in [2.24, 2.45) is 0 Å². The summed E-state index contributed by atoms with van der Waals surface area (Å²) in [6, 6.07) is 6.32. The highest BCUT2D eigenvalue weighted by atomic mass is 79.9. The van der Waals surface area contributed by atoms with Gasteiger partial charge in [0.05, 0.1) is 19.7 Å². The Morgan fingerprint density at radius 2 is 2.35 bits per heavy atom. The molecule has 5 nitrogen and oxygen atoms in total. The maximum absolute atomic E-state index is 12.4. The standard InChI is InChI=1S/C14H18BrN3O2/c1-20-13-3-2-11(15)6-10(13)8-17-9-12-7-16-4-5-18(12)14(17)19/h2-3,6,12,16H,4-5,7-9H2,1H3. The first-order chi connectivity index (χ1) is 9.69. The van der Waals surface area contributed by atoms with E-state index in [-0.39, 0.29) is 6.03 Å². The number of ether oxygens (including phenoxy) is 1. The summed E-state index contributed by atoms with van der Waals surface area (Å²) < 4.78 is 6.38. The SMILES string of the molecule is COc1ccc(Br)cc1CN1CC2CNCCN2C1=O. The number of halogens is 1. The number of fused-ring (bicyclic) bond motifs is 1. The number of piperazine rings is 1. The van der Waals surface area contributed by atoms with Crippen LogP contribution in [0.25, 0.3) is 0 Å². The van der Waals surface area contributed by atoms with E-state index in [1.54, 1.807) is 7.11 Å². The summed E-state index contributed by atoms with van der Waals surface area (Å²) >= 11 is 3.47. The first kappa shape index (κ1) is 13.7.